The van der Waals surface area contributed by atoms with Crippen LogP contribution in [0, 0.1) is 5.95 Å². The van der Waals surface area contributed by atoms with Crippen molar-refractivity contribution in [2.75, 3.05) is 11.2 Å². The Morgan fingerprint density at radius 3 is 2.67 bits per heavy atom. The zero-order valence-corrected chi connectivity index (χ0v) is 20.8. The Hall–Kier alpha value is -2.85. The minimum Gasteiger partial charge on any atom is -0.507 e. The van der Waals surface area contributed by atoms with Gasteiger partial charge < -0.3 is 15.3 Å². The second kappa shape index (κ2) is 9.55. The number of piperidine rings is 2. The standard InChI is InChI=1S/C26H28F2N6OS/c1-36-24-11-15(10-22(27)31-24)14-5-8-18(21(35)9-14)26-29-13-23(32-33-26)34(17-6-7-17)20-12-16-3-2-4-19(30-16)25(20)28/h5,8-11,13,16-17,19-20,25,30,35H,2-4,6-7,12H2,1H3/t16-,19+,20+,25-/m1/s1. The summed E-state index contributed by atoms with van der Waals surface area (Å²) in [7, 11) is 0. The molecule has 3 aliphatic rings. The number of phenolic OH excluding ortho intramolecular Hbond substituents is 1. The summed E-state index contributed by atoms with van der Waals surface area (Å²) < 4.78 is 29.3. The molecule has 6 rings (SSSR count). The van der Waals surface area contributed by atoms with Gasteiger partial charge in [0.05, 0.1) is 22.8 Å². The molecule has 2 bridgehead atoms. The molecule has 7 nitrogen and oxygen atoms in total. The number of hydrogen-bond donors (Lipinski definition) is 2. The number of hydrogen-bond acceptors (Lipinski definition) is 8. The van der Waals surface area contributed by atoms with Crippen LogP contribution < -0.4 is 10.2 Å². The van der Waals surface area contributed by atoms with E-state index < -0.39 is 12.1 Å². The highest BCUT2D eigenvalue weighted by Crippen LogP contribution is 2.39. The Balaban J connectivity index is 1.26. The maximum absolute atomic E-state index is 15.5. The van der Waals surface area contributed by atoms with E-state index in [4.69, 9.17) is 0 Å². The molecule has 0 radical (unpaired) electrons. The van der Waals surface area contributed by atoms with E-state index in [-0.39, 0.29) is 29.7 Å². The van der Waals surface area contributed by atoms with Crippen LogP contribution in [0.5, 0.6) is 5.75 Å². The normalized spacial score (nSPS) is 25.5. The SMILES string of the molecule is CSc1cc(-c2ccc(-c3ncc(N(C4CC4)[C@H]4C[C@H]5CCC[C@H](N5)[C@H]4F)nn3)c(O)c2)cc(F)n1. The monoisotopic (exact) mass is 510 g/mol. The van der Waals surface area contributed by atoms with E-state index >= 15 is 4.39 Å². The van der Waals surface area contributed by atoms with Gasteiger partial charge in [-0.1, -0.05) is 12.5 Å². The lowest BCUT2D eigenvalue weighted by molar-refractivity contribution is 0.104. The maximum Gasteiger partial charge on any atom is 0.214 e. The molecule has 4 heterocycles. The third kappa shape index (κ3) is 4.52. The van der Waals surface area contributed by atoms with E-state index in [0.717, 1.165) is 38.5 Å². The third-order valence-corrected chi connectivity index (χ3v) is 8.09. The molecule has 188 valence electrons. The van der Waals surface area contributed by atoms with Crippen LogP contribution in [0.15, 0.2) is 41.6 Å². The summed E-state index contributed by atoms with van der Waals surface area (Å²) in [4.78, 5) is 10.4. The predicted octanol–water partition coefficient (Wildman–Crippen LogP) is 4.76. The van der Waals surface area contributed by atoms with E-state index in [1.165, 1.54) is 17.8 Å². The molecule has 4 atom stereocenters. The van der Waals surface area contributed by atoms with Crippen LogP contribution in [0.25, 0.3) is 22.5 Å². The number of fused-ring (bicyclic) bond motifs is 2. The number of thioether (sulfide) groups is 1. The summed E-state index contributed by atoms with van der Waals surface area (Å²) in [6.07, 6.45) is 8.34. The third-order valence-electron chi connectivity index (χ3n) is 7.46. The van der Waals surface area contributed by atoms with E-state index in [9.17, 15) is 9.50 Å². The van der Waals surface area contributed by atoms with Gasteiger partial charge >= 0.3 is 0 Å². The van der Waals surface area contributed by atoms with Crippen molar-refractivity contribution in [3.05, 3.63) is 42.5 Å². The molecule has 0 amide bonds. The van der Waals surface area contributed by atoms with Crippen LogP contribution in [-0.4, -0.2) is 61.9 Å². The van der Waals surface area contributed by atoms with Crippen molar-refractivity contribution in [2.45, 2.75) is 73.9 Å². The molecule has 0 spiro atoms. The number of anilines is 1. The predicted molar refractivity (Wildman–Crippen MR) is 135 cm³/mol. The van der Waals surface area contributed by atoms with E-state index in [0.29, 0.717) is 33.6 Å². The molecule has 1 saturated carbocycles. The number of alkyl halides is 1. The van der Waals surface area contributed by atoms with Crippen LogP contribution in [-0.2, 0) is 0 Å². The van der Waals surface area contributed by atoms with Gasteiger partial charge in [-0.2, -0.15) is 4.39 Å². The van der Waals surface area contributed by atoms with Gasteiger partial charge in [-0.15, -0.1) is 22.0 Å². The first-order chi connectivity index (χ1) is 17.5. The van der Waals surface area contributed by atoms with Gasteiger partial charge in [-0.05, 0) is 67.7 Å². The maximum atomic E-state index is 15.5. The summed E-state index contributed by atoms with van der Waals surface area (Å²) in [6, 6.07) is 8.44. The van der Waals surface area contributed by atoms with Gasteiger partial charge in [-0.3, -0.25) is 0 Å². The quantitative estimate of drug-likeness (QED) is 0.363. The number of benzene rings is 1. The van der Waals surface area contributed by atoms with Crippen molar-refractivity contribution in [3.63, 3.8) is 0 Å². The second-order valence-corrected chi connectivity index (χ2v) is 10.7. The molecular formula is C26H28F2N6OS. The fraction of sp³-hybridized carbons (Fsp3) is 0.462. The number of aromatic hydroxyl groups is 1. The lowest BCUT2D eigenvalue weighted by Crippen LogP contribution is -2.62. The van der Waals surface area contributed by atoms with Crippen molar-refractivity contribution >= 4 is 17.6 Å². The molecule has 1 aliphatic carbocycles. The molecule has 36 heavy (non-hydrogen) atoms. The number of nitrogens with one attached hydrogen (secondary N) is 1. The topological polar surface area (TPSA) is 87.1 Å². The average Bonchev–Trinajstić information content (AvgIpc) is 3.73. The van der Waals surface area contributed by atoms with Crippen molar-refractivity contribution in [1.29, 1.82) is 0 Å². The molecule has 2 aliphatic heterocycles. The van der Waals surface area contributed by atoms with Crippen molar-refractivity contribution in [2.24, 2.45) is 0 Å². The Morgan fingerprint density at radius 2 is 1.94 bits per heavy atom. The molecule has 2 aromatic heterocycles. The molecule has 3 fully saturated rings. The molecule has 3 aromatic rings. The summed E-state index contributed by atoms with van der Waals surface area (Å²) in [5, 5.41) is 23.5. The van der Waals surface area contributed by atoms with Gasteiger partial charge in [0.25, 0.3) is 0 Å². The first-order valence-corrected chi connectivity index (χ1v) is 13.7. The zero-order chi connectivity index (χ0) is 24.8. The van der Waals surface area contributed by atoms with Gasteiger partial charge in [0.1, 0.15) is 11.9 Å². The number of rotatable bonds is 6. The number of phenols is 1. The average molecular weight is 511 g/mol. The summed E-state index contributed by atoms with van der Waals surface area (Å²) in [5.74, 6) is 0.265. The minimum absolute atomic E-state index is 0.0287. The number of pyridine rings is 1. The number of nitrogens with zero attached hydrogens (tertiary/aromatic N) is 5. The Labute approximate surface area is 212 Å². The smallest absolute Gasteiger partial charge is 0.214 e. The van der Waals surface area contributed by atoms with Crippen molar-refractivity contribution < 1.29 is 13.9 Å². The minimum atomic E-state index is -0.954. The summed E-state index contributed by atoms with van der Waals surface area (Å²) in [5.41, 5.74) is 1.70. The largest absolute Gasteiger partial charge is 0.507 e. The molecule has 0 unspecified atom stereocenters. The fourth-order valence-corrected chi connectivity index (χ4v) is 6.01. The molecule has 10 heteroatoms. The molecule has 2 saturated heterocycles. The Bertz CT molecular complexity index is 1260. The van der Waals surface area contributed by atoms with Crippen LogP contribution in [0.2, 0.25) is 0 Å². The second-order valence-electron chi connectivity index (χ2n) is 9.88. The van der Waals surface area contributed by atoms with E-state index in [2.05, 4.69) is 30.4 Å². The zero-order valence-electron chi connectivity index (χ0n) is 19.9. The van der Waals surface area contributed by atoms with Crippen molar-refractivity contribution in [3.8, 4) is 28.3 Å². The highest BCUT2D eigenvalue weighted by atomic mass is 32.2. The fourth-order valence-electron chi connectivity index (χ4n) is 5.58. The van der Waals surface area contributed by atoms with Gasteiger partial charge in [-0.25, -0.2) is 14.4 Å². The van der Waals surface area contributed by atoms with Crippen molar-refractivity contribution in [1.82, 2.24) is 25.5 Å². The van der Waals surface area contributed by atoms with Gasteiger partial charge in [0.2, 0.25) is 5.95 Å². The lowest BCUT2D eigenvalue weighted by Gasteiger charge is -2.47. The van der Waals surface area contributed by atoms with Crippen LogP contribution in [0.3, 0.4) is 0 Å². The summed E-state index contributed by atoms with van der Waals surface area (Å²) >= 11 is 1.35. The number of halogens is 2. The van der Waals surface area contributed by atoms with E-state index in [1.54, 1.807) is 30.5 Å². The first kappa shape index (κ1) is 23.5. The van der Waals surface area contributed by atoms with Crippen LogP contribution in [0.1, 0.15) is 38.5 Å². The Kier molecular flexibility index (Phi) is 6.25. The molecular weight excluding hydrogens is 482 g/mol. The van der Waals surface area contributed by atoms with Crippen LogP contribution >= 0.6 is 11.8 Å². The number of aromatic nitrogens is 4. The molecule has 2 N–H and O–H groups in total. The lowest BCUT2D eigenvalue weighted by atomic mass is 9.82. The van der Waals surface area contributed by atoms with E-state index in [1.807, 2.05) is 6.26 Å². The highest BCUT2D eigenvalue weighted by molar-refractivity contribution is 7.98. The van der Waals surface area contributed by atoms with Crippen LogP contribution in [0.4, 0.5) is 14.6 Å². The summed E-state index contributed by atoms with van der Waals surface area (Å²) in [6.45, 7) is 0. The van der Waals surface area contributed by atoms with Gasteiger partial charge in [0.15, 0.2) is 11.6 Å². The molecule has 1 aromatic carbocycles. The highest BCUT2D eigenvalue weighted by Gasteiger charge is 2.46. The first-order valence-electron chi connectivity index (χ1n) is 12.4. The Morgan fingerprint density at radius 1 is 1.08 bits per heavy atom. The van der Waals surface area contributed by atoms with Gasteiger partial charge in [0, 0.05) is 24.2 Å².